The average Bonchev–Trinajstić information content (AvgIpc) is 2.76. The Labute approximate surface area is 97.2 Å². The molecular formula is C11H8ClN3O. The van der Waals surface area contributed by atoms with Crippen LogP contribution in [0, 0.1) is 0 Å². The zero-order valence-electron chi connectivity index (χ0n) is 8.30. The van der Waals surface area contributed by atoms with Gasteiger partial charge in [-0.1, -0.05) is 18.2 Å². The maximum absolute atomic E-state index is 12.0. The Bertz CT molecular complexity index is 548. The first kappa shape index (κ1) is 10.6. The highest BCUT2D eigenvalue weighted by molar-refractivity contribution is 6.29. The highest BCUT2D eigenvalue weighted by Crippen LogP contribution is 2.12. The molecule has 0 saturated carbocycles. The lowest BCUT2D eigenvalue weighted by Gasteiger charge is -1.97. The summed E-state index contributed by atoms with van der Waals surface area (Å²) in [5, 5.41) is 4.23. The molecule has 0 unspecified atom stereocenters. The van der Waals surface area contributed by atoms with Crippen LogP contribution in [-0.2, 0) is 0 Å². The Morgan fingerprint density at radius 1 is 1.50 bits per heavy atom. The van der Waals surface area contributed by atoms with Gasteiger partial charge >= 0.3 is 0 Å². The van der Waals surface area contributed by atoms with E-state index in [0.29, 0.717) is 16.3 Å². The fourth-order valence-corrected chi connectivity index (χ4v) is 1.44. The lowest BCUT2D eigenvalue weighted by molar-refractivity contribution is 0.103. The number of carbonyl (C=O) groups excluding carboxylic acids is 1. The molecule has 0 aromatic carbocycles. The highest BCUT2D eigenvalue weighted by Gasteiger charge is 2.11. The van der Waals surface area contributed by atoms with Crippen LogP contribution in [0.25, 0.3) is 6.20 Å². The summed E-state index contributed by atoms with van der Waals surface area (Å²) in [6.07, 6.45) is 6.09. The molecule has 2 rings (SSSR count). The number of hydrogen-bond acceptors (Lipinski definition) is 3. The summed E-state index contributed by atoms with van der Waals surface area (Å²) < 4.78 is 1.47. The molecule has 0 N–H and O–H groups in total. The summed E-state index contributed by atoms with van der Waals surface area (Å²) in [7, 11) is 0. The molecule has 0 spiro atoms. The minimum atomic E-state index is -0.141. The van der Waals surface area contributed by atoms with Gasteiger partial charge < -0.3 is 0 Å². The van der Waals surface area contributed by atoms with Crippen LogP contribution < -0.4 is 0 Å². The van der Waals surface area contributed by atoms with Gasteiger partial charge in [-0.25, -0.2) is 9.67 Å². The molecule has 4 nitrogen and oxygen atoms in total. The molecular weight excluding hydrogens is 226 g/mol. The third kappa shape index (κ3) is 2.01. The molecule has 0 bridgehead atoms. The van der Waals surface area contributed by atoms with E-state index in [-0.39, 0.29) is 5.78 Å². The van der Waals surface area contributed by atoms with Crippen molar-refractivity contribution < 1.29 is 4.79 Å². The molecule has 80 valence electrons. The van der Waals surface area contributed by atoms with Gasteiger partial charge in [0.15, 0.2) is 5.78 Å². The van der Waals surface area contributed by atoms with Crippen molar-refractivity contribution in [1.29, 1.82) is 0 Å². The van der Waals surface area contributed by atoms with Gasteiger partial charge in [0, 0.05) is 24.2 Å². The number of pyridine rings is 1. The minimum Gasteiger partial charge on any atom is -0.288 e. The van der Waals surface area contributed by atoms with E-state index in [1.165, 1.54) is 29.3 Å². The van der Waals surface area contributed by atoms with Gasteiger partial charge in [0.25, 0.3) is 0 Å². The second kappa shape index (κ2) is 4.28. The maximum Gasteiger partial charge on any atom is 0.196 e. The van der Waals surface area contributed by atoms with E-state index in [2.05, 4.69) is 16.7 Å². The number of hydrogen-bond donors (Lipinski definition) is 0. The summed E-state index contributed by atoms with van der Waals surface area (Å²) in [6.45, 7) is 3.55. The minimum absolute atomic E-state index is 0.141. The number of nitrogens with zero attached hydrogens (tertiary/aromatic N) is 3. The van der Waals surface area contributed by atoms with Crippen LogP contribution in [0.15, 0.2) is 37.3 Å². The van der Waals surface area contributed by atoms with E-state index in [9.17, 15) is 4.79 Å². The first-order valence-electron chi connectivity index (χ1n) is 4.53. The second-order valence-electron chi connectivity index (χ2n) is 3.09. The van der Waals surface area contributed by atoms with E-state index >= 15 is 0 Å². The number of halogens is 1. The fourth-order valence-electron chi connectivity index (χ4n) is 1.27. The molecule has 0 aliphatic heterocycles. The van der Waals surface area contributed by atoms with Crippen LogP contribution >= 0.6 is 11.6 Å². The van der Waals surface area contributed by atoms with E-state index in [0.717, 1.165) is 0 Å². The average molecular weight is 234 g/mol. The Kier molecular flexibility index (Phi) is 2.83. The molecule has 0 amide bonds. The molecule has 2 aromatic rings. The summed E-state index contributed by atoms with van der Waals surface area (Å²) in [5.74, 6) is -0.141. The summed E-state index contributed by atoms with van der Waals surface area (Å²) in [5.41, 5.74) is 0.978. The van der Waals surface area contributed by atoms with E-state index in [4.69, 9.17) is 11.6 Å². The predicted molar refractivity (Wildman–Crippen MR) is 61.3 cm³/mol. The van der Waals surface area contributed by atoms with Crippen molar-refractivity contribution in [2.75, 3.05) is 0 Å². The van der Waals surface area contributed by atoms with Gasteiger partial charge in [-0.15, -0.1) is 0 Å². The molecule has 5 heteroatoms. The summed E-state index contributed by atoms with van der Waals surface area (Å²) in [6, 6.07) is 3.13. The quantitative estimate of drug-likeness (QED) is 0.604. The van der Waals surface area contributed by atoms with Crippen LogP contribution in [0.5, 0.6) is 0 Å². The van der Waals surface area contributed by atoms with Crippen LogP contribution in [0.4, 0.5) is 0 Å². The van der Waals surface area contributed by atoms with Crippen molar-refractivity contribution in [1.82, 2.24) is 14.8 Å². The van der Waals surface area contributed by atoms with Crippen LogP contribution in [0.3, 0.4) is 0 Å². The maximum atomic E-state index is 12.0. The van der Waals surface area contributed by atoms with Crippen molar-refractivity contribution in [3.8, 4) is 0 Å². The van der Waals surface area contributed by atoms with Crippen molar-refractivity contribution in [3.05, 3.63) is 53.6 Å². The topological polar surface area (TPSA) is 47.8 Å². The van der Waals surface area contributed by atoms with Crippen LogP contribution in [0.2, 0.25) is 5.15 Å². The molecule has 2 aromatic heterocycles. The Hall–Kier alpha value is -1.94. The molecule has 16 heavy (non-hydrogen) atoms. The summed E-state index contributed by atoms with van der Waals surface area (Å²) in [4.78, 5) is 15.8. The van der Waals surface area contributed by atoms with Gasteiger partial charge in [-0.2, -0.15) is 5.10 Å². The van der Waals surface area contributed by atoms with Gasteiger partial charge in [-0.3, -0.25) is 4.79 Å². The SMILES string of the molecule is C=Cn1cc(C(=O)c2ccnc(Cl)c2)cn1. The highest BCUT2D eigenvalue weighted by atomic mass is 35.5. The third-order valence-corrected chi connectivity index (χ3v) is 2.25. The number of aromatic nitrogens is 3. The number of ketones is 1. The van der Waals surface area contributed by atoms with Gasteiger partial charge in [0.05, 0.1) is 11.8 Å². The molecule has 0 aliphatic rings. The molecule has 0 atom stereocenters. The Balaban J connectivity index is 2.35. The fraction of sp³-hybridized carbons (Fsp3) is 0. The first-order valence-corrected chi connectivity index (χ1v) is 4.91. The second-order valence-corrected chi connectivity index (χ2v) is 3.48. The zero-order chi connectivity index (χ0) is 11.5. The van der Waals surface area contributed by atoms with Crippen LogP contribution in [0.1, 0.15) is 15.9 Å². The molecule has 0 radical (unpaired) electrons. The standard InChI is InChI=1S/C11H8ClN3O/c1-2-15-7-9(6-14-15)11(16)8-3-4-13-10(12)5-8/h2-7H,1H2. The normalized spacial score (nSPS) is 10.1. The van der Waals surface area contributed by atoms with Gasteiger partial charge in [0.1, 0.15) is 5.15 Å². The number of rotatable bonds is 3. The molecule has 0 saturated heterocycles. The Morgan fingerprint density at radius 3 is 2.94 bits per heavy atom. The van der Waals surface area contributed by atoms with Gasteiger partial charge in [0.2, 0.25) is 0 Å². The van der Waals surface area contributed by atoms with Crippen molar-refractivity contribution in [2.45, 2.75) is 0 Å². The van der Waals surface area contributed by atoms with Crippen molar-refractivity contribution in [3.63, 3.8) is 0 Å². The lowest BCUT2D eigenvalue weighted by atomic mass is 10.1. The predicted octanol–water partition coefficient (Wildman–Crippen LogP) is 2.26. The van der Waals surface area contributed by atoms with E-state index in [1.54, 1.807) is 12.3 Å². The monoisotopic (exact) mass is 233 g/mol. The lowest BCUT2D eigenvalue weighted by Crippen LogP contribution is -2.00. The zero-order valence-corrected chi connectivity index (χ0v) is 9.05. The Morgan fingerprint density at radius 2 is 2.31 bits per heavy atom. The largest absolute Gasteiger partial charge is 0.288 e. The summed E-state index contributed by atoms with van der Waals surface area (Å²) >= 11 is 5.71. The molecule has 0 fully saturated rings. The van der Waals surface area contributed by atoms with Crippen molar-refractivity contribution >= 4 is 23.6 Å². The van der Waals surface area contributed by atoms with Crippen LogP contribution in [-0.4, -0.2) is 20.5 Å². The third-order valence-electron chi connectivity index (χ3n) is 2.04. The first-order chi connectivity index (χ1) is 7.70. The van der Waals surface area contributed by atoms with E-state index < -0.39 is 0 Å². The smallest absolute Gasteiger partial charge is 0.196 e. The van der Waals surface area contributed by atoms with Crippen molar-refractivity contribution in [2.24, 2.45) is 0 Å². The van der Waals surface area contributed by atoms with E-state index in [1.807, 2.05) is 0 Å². The van der Waals surface area contributed by atoms with Gasteiger partial charge in [-0.05, 0) is 12.1 Å². The molecule has 2 heterocycles. The molecule has 0 aliphatic carbocycles. The number of carbonyl (C=O) groups is 1.